The summed E-state index contributed by atoms with van der Waals surface area (Å²) in [6.07, 6.45) is 2.18. The lowest BCUT2D eigenvalue weighted by molar-refractivity contribution is -0.152. The highest BCUT2D eigenvalue weighted by molar-refractivity contribution is 7.11. The molecule has 1 aliphatic heterocycles. The van der Waals surface area contributed by atoms with Crippen LogP contribution < -0.4 is 0 Å². The predicted octanol–water partition coefficient (Wildman–Crippen LogP) is 2.01. The summed E-state index contributed by atoms with van der Waals surface area (Å²) in [6.45, 7) is 7.46. The first-order valence-electron chi connectivity index (χ1n) is 7.23. The molecule has 0 aliphatic carbocycles. The van der Waals surface area contributed by atoms with Gasteiger partial charge >= 0.3 is 5.97 Å². The highest BCUT2D eigenvalue weighted by Crippen LogP contribution is 2.35. The Morgan fingerprint density at radius 2 is 1.82 bits per heavy atom. The maximum absolute atomic E-state index is 11.3. The molecule has 1 aromatic rings. The smallest absolute Gasteiger partial charge is 0.309 e. The molecule has 0 unspecified atom stereocenters. The molecule has 1 saturated heterocycles. The maximum atomic E-state index is 11.3. The zero-order valence-electron chi connectivity index (χ0n) is 13.2. The van der Waals surface area contributed by atoms with Gasteiger partial charge in [-0.2, -0.15) is 0 Å². The van der Waals surface area contributed by atoms with Crippen molar-refractivity contribution in [3.63, 3.8) is 0 Å². The van der Waals surface area contributed by atoms with E-state index in [9.17, 15) is 9.90 Å². The van der Waals surface area contributed by atoms with Crippen molar-refractivity contribution in [1.82, 2.24) is 15.1 Å². The van der Waals surface area contributed by atoms with Crippen LogP contribution in [-0.2, 0) is 16.1 Å². The van der Waals surface area contributed by atoms with Crippen LogP contribution in [0.3, 0.4) is 0 Å². The van der Waals surface area contributed by atoms with Crippen molar-refractivity contribution in [2.45, 2.75) is 46.6 Å². The van der Waals surface area contributed by atoms with Crippen molar-refractivity contribution in [2.24, 2.45) is 5.41 Å². The maximum Gasteiger partial charge on any atom is 0.309 e. The van der Waals surface area contributed by atoms with Gasteiger partial charge in [0.25, 0.3) is 5.97 Å². The van der Waals surface area contributed by atoms with E-state index in [2.05, 4.69) is 15.1 Å². The van der Waals surface area contributed by atoms with E-state index in [-0.39, 0.29) is 0 Å². The Morgan fingerprint density at radius 1 is 1.27 bits per heavy atom. The van der Waals surface area contributed by atoms with Crippen LogP contribution >= 0.6 is 11.3 Å². The number of piperidine rings is 1. The Bertz CT molecular complexity index is 506. The largest absolute Gasteiger partial charge is 0.481 e. The Labute approximate surface area is 134 Å². The van der Waals surface area contributed by atoms with E-state index in [4.69, 9.17) is 9.90 Å². The molecule has 2 heterocycles. The average molecular weight is 329 g/mol. The molecule has 0 atom stereocenters. The summed E-state index contributed by atoms with van der Waals surface area (Å²) in [5.41, 5.74) is -0.506. The molecule has 1 aromatic heterocycles. The summed E-state index contributed by atoms with van der Waals surface area (Å²) in [7, 11) is 0. The molecule has 1 aliphatic rings. The Hall–Kier alpha value is -1.54. The first-order chi connectivity index (χ1) is 10.3. The number of aryl methyl sites for hydroxylation is 1. The standard InChI is InChI=1S/C12H19N3O2S.C2H4O2/c1-3-12(11(16)17)4-6-15(7-5-12)8-10-14-13-9(2)18-10;1-2(3)4/h3-8H2,1-2H3,(H,16,17);1H3,(H,3,4). The molecule has 124 valence electrons. The van der Waals surface area contributed by atoms with Gasteiger partial charge < -0.3 is 10.2 Å². The van der Waals surface area contributed by atoms with Gasteiger partial charge in [0.15, 0.2) is 0 Å². The Kier molecular flexibility index (Phi) is 6.89. The van der Waals surface area contributed by atoms with Gasteiger partial charge in [-0.15, -0.1) is 21.5 Å². The molecule has 0 saturated carbocycles. The second-order valence-corrected chi connectivity index (χ2v) is 6.72. The van der Waals surface area contributed by atoms with Crippen molar-refractivity contribution in [1.29, 1.82) is 0 Å². The fraction of sp³-hybridized carbons (Fsp3) is 0.714. The van der Waals surface area contributed by atoms with Crippen LogP contribution in [0.1, 0.15) is 43.1 Å². The van der Waals surface area contributed by atoms with E-state index < -0.39 is 17.4 Å². The highest BCUT2D eigenvalue weighted by Gasteiger charge is 2.39. The van der Waals surface area contributed by atoms with Gasteiger partial charge in [-0.1, -0.05) is 6.92 Å². The topological polar surface area (TPSA) is 104 Å². The molecular weight excluding hydrogens is 306 g/mol. The normalized spacial score (nSPS) is 17.4. The van der Waals surface area contributed by atoms with Gasteiger partial charge in [0.1, 0.15) is 10.0 Å². The molecule has 2 N–H and O–H groups in total. The summed E-state index contributed by atoms with van der Waals surface area (Å²) < 4.78 is 0. The monoisotopic (exact) mass is 329 g/mol. The van der Waals surface area contributed by atoms with Gasteiger partial charge in [-0.3, -0.25) is 14.5 Å². The Balaban J connectivity index is 0.000000541. The van der Waals surface area contributed by atoms with E-state index in [1.54, 1.807) is 11.3 Å². The molecule has 0 radical (unpaired) electrons. The fourth-order valence-corrected chi connectivity index (χ4v) is 3.20. The second kappa shape index (κ2) is 8.19. The molecule has 0 aromatic carbocycles. The van der Waals surface area contributed by atoms with E-state index in [1.165, 1.54) is 0 Å². The van der Waals surface area contributed by atoms with Gasteiger partial charge in [-0.25, -0.2) is 0 Å². The van der Waals surface area contributed by atoms with E-state index in [1.807, 2.05) is 13.8 Å². The highest BCUT2D eigenvalue weighted by atomic mass is 32.1. The van der Waals surface area contributed by atoms with Crippen LogP contribution in [0.2, 0.25) is 0 Å². The van der Waals surface area contributed by atoms with Crippen LogP contribution in [0.15, 0.2) is 0 Å². The number of hydrogen-bond acceptors (Lipinski definition) is 6. The predicted molar refractivity (Wildman–Crippen MR) is 82.8 cm³/mol. The van der Waals surface area contributed by atoms with Crippen molar-refractivity contribution >= 4 is 23.3 Å². The van der Waals surface area contributed by atoms with Crippen LogP contribution in [0.5, 0.6) is 0 Å². The van der Waals surface area contributed by atoms with E-state index in [0.29, 0.717) is 6.42 Å². The summed E-state index contributed by atoms with van der Waals surface area (Å²) in [6, 6.07) is 0. The number of aliphatic carboxylic acids is 2. The average Bonchev–Trinajstić information content (AvgIpc) is 2.84. The second-order valence-electron chi connectivity index (χ2n) is 5.45. The minimum absolute atomic E-state index is 0.506. The number of nitrogens with zero attached hydrogens (tertiary/aromatic N) is 3. The van der Waals surface area contributed by atoms with E-state index >= 15 is 0 Å². The molecule has 1 fully saturated rings. The minimum atomic E-state index is -0.833. The molecule has 0 amide bonds. The van der Waals surface area contributed by atoms with Gasteiger partial charge in [0.05, 0.1) is 12.0 Å². The van der Waals surface area contributed by atoms with E-state index in [0.717, 1.165) is 49.4 Å². The summed E-state index contributed by atoms with van der Waals surface area (Å²) >= 11 is 1.61. The van der Waals surface area contributed by atoms with Crippen LogP contribution in [0, 0.1) is 12.3 Å². The molecule has 8 heteroatoms. The number of carboxylic acids is 2. The third-order valence-electron chi connectivity index (χ3n) is 3.87. The van der Waals surface area contributed by atoms with Crippen LogP contribution in [0.25, 0.3) is 0 Å². The van der Waals surface area contributed by atoms with Crippen molar-refractivity contribution in [3.05, 3.63) is 10.0 Å². The molecule has 2 rings (SSSR count). The molecule has 0 spiro atoms. The number of carbonyl (C=O) groups is 2. The zero-order chi connectivity index (χ0) is 16.8. The molecular formula is C14H23N3O4S. The zero-order valence-corrected chi connectivity index (χ0v) is 14.0. The first-order valence-corrected chi connectivity index (χ1v) is 8.05. The van der Waals surface area contributed by atoms with Gasteiger partial charge in [-0.05, 0) is 39.3 Å². The molecule has 0 bridgehead atoms. The van der Waals surface area contributed by atoms with Crippen molar-refractivity contribution in [2.75, 3.05) is 13.1 Å². The third-order valence-corrected chi connectivity index (χ3v) is 4.69. The number of rotatable bonds is 4. The summed E-state index contributed by atoms with van der Waals surface area (Å²) in [4.78, 5) is 22.6. The van der Waals surface area contributed by atoms with Gasteiger partial charge in [0.2, 0.25) is 0 Å². The molecule has 7 nitrogen and oxygen atoms in total. The third kappa shape index (κ3) is 5.34. The number of carboxylic acid groups (broad SMARTS) is 2. The van der Waals surface area contributed by atoms with Gasteiger partial charge in [0, 0.05) is 6.92 Å². The SMILES string of the molecule is CC(=O)O.CCC1(C(=O)O)CCN(Cc2nnc(C)s2)CC1. The number of aromatic nitrogens is 2. The van der Waals surface area contributed by atoms with Crippen LogP contribution in [0.4, 0.5) is 0 Å². The molecule has 22 heavy (non-hydrogen) atoms. The quantitative estimate of drug-likeness (QED) is 0.870. The van der Waals surface area contributed by atoms with Crippen molar-refractivity contribution < 1.29 is 19.8 Å². The Morgan fingerprint density at radius 3 is 2.18 bits per heavy atom. The summed E-state index contributed by atoms with van der Waals surface area (Å²) in [5.74, 6) is -1.48. The van der Waals surface area contributed by atoms with Crippen LogP contribution in [-0.4, -0.2) is 50.3 Å². The first kappa shape index (κ1) is 18.5. The lowest BCUT2D eigenvalue weighted by Crippen LogP contribution is -2.43. The lowest BCUT2D eigenvalue weighted by Gasteiger charge is -2.37. The number of likely N-dealkylation sites (tertiary alicyclic amines) is 1. The minimum Gasteiger partial charge on any atom is -0.481 e. The number of hydrogen-bond donors (Lipinski definition) is 2. The fourth-order valence-electron chi connectivity index (χ4n) is 2.45. The summed E-state index contributed by atoms with van der Waals surface area (Å²) in [5, 5.41) is 26.9. The van der Waals surface area contributed by atoms with Crippen molar-refractivity contribution in [3.8, 4) is 0 Å². The lowest BCUT2D eigenvalue weighted by atomic mass is 9.76.